The summed E-state index contributed by atoms with van der Waals surface area (Å²) >= 11 is 0. The Bertz CT molecular complexity index is 336. The minimum absolute atomic E-state index is 0.507. The summed E-state index contributed by atoms with van der Waals surface area (Å²) in [6.07, 6.45) is 0. The molecule has 0 saturated carbocycles. The quantitative estimate of drug-likeness (QED) is 0.716. The van der Waals surface area contributed by atoms with Gasteiger partial charge in [-0.1, -0.05) is 25.6 Å². The predicted molar refractivity (Wildman–Crippen MR) is 66.2 cm³/mol. The highest BCUT2D eigenvalue weighted by Gasteiger charge is 2.02. The standard InChI is InChI=1S/C13H19NO2/c1-4-14-9-11(2)10-16-13-8-6-5-7-12(13)15-3/h5-8,14H,2,4,9-10H2,1,3H3. The van der Waals surface area contributed by atoms with Crippen molar-refractivity contribution >= 4 is 0 Å². The van der Waals surface area contributed by atoms with Crippen LogP contribution in [0.15, 0.2) is 36.4 Å². The Morgan fingerprint density at radius 1 is 1.31 bits per heavy atom. The first kappa shape index (κ1) is 12.6. The van der Waals surface area contributed by atoms with E-state index < -0.39 is 0 Å². The van der Waals surface area contributed by atoms with E-state index in [4.69, 9.17) is 9.47 Å². The molecule has 0 unspecified atom stereocenters. The molecule has 0 atom stereocenters. The molecule has 0 spiro atoms. The lowest BCUT2D eigenvalue weighted by molar-refractivity contribution is 0.317. The second kappa shape index (κ2) is 6.90. The number of likely N-dealkylation sites (N-methyl/N-ethyl adjacent to an activating group) is 1. The van der Waals surface area contributed by atoms with Gasteiger partial charge in [-0.2, -0.15) is 0 Å². The lowest BCUT2D eigenvalue weighted by Crippen LogP contribution is -2.18. The van der Waals surface area contributed by atoms with Crippen LogP contribution in [0.4, 0.5) is 0 Å². The number of rotatable bonds is 7. The highest BCUT2D eigenvalue weighted by atomic mass is 16.5. The third-order valence-electron chi connectivity index (χ3n) is 2.13. The predicted octanol–water partition coefficient (Wildman–Crippen LogP) is 2.24. The van der Waals surface area contributed by atoms with Crippen molar-refractivity contribution in [2.75, 3.05) is 26.8 Å². The van der Waals surface area contributed by atoms with Gasteiger partial charge >= 0.3 is 0 Å². The summed E-state index contributed by atoms with van der Waals surface area (Å²) in [4.78, 5) is 0. The van der Waals surface area contributed by atoms with Gasteiger partial charge in [0, 0.05) is 6.54 Å². The molecular formula is C13H19NO2. The zero-order valence-electron chi connectivity index (χ0n) is 9.95. The molecule has 0 amide bonds. The summed E-state index contributed by atoms with van der Waals surface area (Å²) in [6, 6.07) is 7.60. The molecule has 1 N–H and O–H groups in total. The van der Waals surface area contributed by atoms with Crippen LogP contribution in [-0.4, -0.2) is 26.8 Å². The molecule has 0 aliphatic rings. The van der Waals surface area contributed by atoms with Gasteiger partial charge in [-0.3, -0.25) is 0 Å². The fourth-order valence-corrected chi connectivity index (χ4v) is 1.27. The summed E-state index contributed by atoms with van der Waals surface area (Å²) < 4.78 is 10.8. The molecule has 0 fully saturated rings. The van der Waals surface area contributed by atoms with Crippen molar-refractivity contribution in [2.24, 2.45) is 0 Å². The molecule has 0 radical (unpaired) electrons. The Kier molecular flexibility index (Phi) is 5.43. The van der Waals surface area contributed by atoms with Gasteiger partial charge in [-0.05, 0) is 24.3 Å². The first-order valence-corrected chi connectivity index (χ1v) is 5.41. The van der Waals surface area contributed by atoms with E-state index in [2.05, 4.69) is 18.8 Å². The van der Waals surface area contributed by atoms with E-state index in [1.54, 1.807) is 7.11 Å². The Morgan fingerprint density at radius 3 is 2.62 bits per heavy atom. The normalized spacial score (nSPS) is 9.88. The Balaban J connectivity index is 2.44. The van der Waals surface area contributed by atoms with Crippen LogP contribution in [0.5, 0.6) is 11.5 Å². The van der Waals surface area contributed by atoms with Crippen molar-refractivity contribution in [1.82, 2.24) is 5.32 Å². The Hall–Kier alpha value is -1.48. The number of ether oxygens (including phenoxy) is 2. The molecule has 0 heterocycles. The maximum absolute atomic E-state index is 5.62. The molecule has 0 aromatic heterocycles. The number of benzene rings is 1. The summed E-state index contributed by atoms with van der Waals surface area (Å²) in [5.74, 6) is 1.50. The van der Waals surface area contributed by atoms with Crippen molar-refractivity contribution in [3.05, 3.63) is 36.4 Å². The monoisotopic (exact) mass is 221 g/mol. The van der Waals surface area contributed by atoms with Crippen LogP contribution in [0, 0.1) is 0 Å². The average Bonchev–Trinajstić information content (AvgIpc) is 2.34. The molecule has 0 aliphatic carbocycles. The van der Waals surface area contributed by atoms with Gasteiger partial charge in [0.25, 0.3) is 0 Å². The van der Waals surface area contributed by atoms with E-state index >= 15 is 0 Å². The van der Waals surface area contributed by atoms with Crippen molar-refractivity contribution in [2.45, 2.75) is 6.92 Å². The van der Waals surface area contributed by atoms with E-state index in [1.165, 1.54) is 0 Å². The summed E-state index contributed by atoms with van der Waals surface area (Å²) in [6.45, 7) is 8.23. The van der Waals surface area contributed by atoms with Crippen molar-refractivity contribution < 1.29 is 9.47 Å². The van der Waals surface area contributed by atoms with Gasteiger partial charge in [0.1, 0.15) is 6.61 Å². The zero-order valence-corrected chi connectivity index (χ0v) is 9.95. The smallest absolute Gasteiger partial charge is 0.161 e. The zero-order chi connectivity index (χ0) is 11.8. The molecular weight excluding hydrogens is 202 g/mol. The molecule has 16 heavy (non-hydrogen) atoms. The van der Waals surface area contributed by atoms with Gasteiger partial charge in [0.15, 0.2) is 11.5 Å². The third kappa shape index (κ3) is 3.95. The van der Waals surface area contributed by atoms with Gasteiger partial charge < -0.3 is 14.8 Å². The Morgan fingerprint density at radius 2 is 2.00 bits per heavy atom. The molecule has 0 saturated heterocycles. The van der Waals surface area contributed by atoms with Crippen LogP contribution in [0.2, 0.25) is 0 Å². The van der Waals surface area contributed by atoms with Crippen LogP contribution in [0.3, 0.4) is 0 Å². The van der Waals surface area contributed by atoms with E-state index in [-0.39, 0.29) is 0 Å². The molecule has 1 aromatic rings. The molecule has 3 heteroatoms. The molecule has 88 valence electrons. The minimum Gasteiger partial charge on any atom is -0.493 e. The van der Waals surface area contributed by atoms with Crippen LogP contribution in [0.25, 0.3) is 0 Å². The molecule has 0 bridgehead atoms. The van der Waals surface area contributed by atoms with Gasteiger partial charge in [-0.15, -0.1) is 0 Å². The van der Waals surface area contributed by atoms with Crippen molar-refractivity contribution in [1.29, 1.82) is 0 Å². The number of para-hydroxylation sites is 2. The van der Waals surface area contributed by atoms with Crippen LogP contribution in [-0.2, 0) is 0 Å². The van der Waals surface area contributed by atoms with Gasteiger partial charge in [0.05, 0.1) is 7.11 Å². The third-order valence-corrected chi connectivity index (χ3v) is 2.13. The largest absolute Gasteiger partial charge is 0.493 e. The highest BCUT2D eigenvalue weighted by Crippen LogP contribution is 2.25. The lowest BCUT2D eigenvalue weighted by Gasteiger charge is -2.11. The van der Waals surface area contributed by atoms with Crippen molar-refractivity contribution in [3.63, 3.8) is 0 Å². The number of methoxy groups -OCH3 is 1. The van der Waals surface area contributed by atoms with Crippen LogP contribution < -0.4 is 14.8 Å². The minimum atomic E-state index is 0.507. The lowest BCUT2D eigenvalue weighted by atomic mass is 10.3. The maximum Gasteiger partial charge on any atom is 0.161 e. The second-order valence-electron chi connectivity index (χ2n) is 3.47. The molecule has 1 rings (SSSR count). The summed E-state index contributed by atoms with van der Waals surface area (Å²) in [7, 11) is 1.63. The number of hydrogen-bond donors (Lipinski definition) is 1. The fraction of sp³-hybridized carbons (Fsp3) is 0.385. The van der Waals surface area contributed by atoms with E-state index in [0.717, 1.165) is 30.2 Å². The van der Waals surface area contributed by atoms with Crippen molar-refractivity contribution in [3.8, 4) is 11.5 Å². The van der Waals surface area contributed by atoms with E-state index in [0.29, 0.717) is 6.61 Å². The topological polar surface area (TPSA) is 30.5 Å². The SMILES string of the molecule is C=C(CNCC)COc1ccccc1OC. The van der Waals surface area contributed by atoms with E-state index in [9.17, 15) is 0 Å². The number of hydrogen-bond acceptors (Lipinski definition) is 3. The van der Waals surface area contributed by atoms with Crippen LogP contribution >= 0.6 is 0 Å². The first-order chi connectivity index (χ1) is 7.77. The van der Waals surface area contributed by atoms with E-state index in [1.807, 2.05) is 24.3 Å². The van der Waals surface area contributed by atoms with Gasteiger partial charge in [0.2, 0.25) is 0 Å². The second-order valence-corrected chi connectivity index (χ2v) is 3.47. The number of nitrogens with one attached hydrogen (secondary N) is 1. The molecule has 0 aliphatic heterocycles. The first-order valence-electron chi connectivity index (χ1n) is 5.41. The van der Waals surface area contributed by atoms with Crippen LogP contribution in [0.1, 0.15) is 6.92 Å². The molecule has 3 nitrogen and oxygen atoms in total. The highest BCUT2D eigenvalue weighted by molar-refractivity contribution is 5.39. The maximum atomic E-state index is 5.62. The molecule has 1 aromatic carbocycles. The fourth-order valence-electron chi connectivity index (χ4n) is 1.27. The average molecular weight is 221 g/mol. The Labute approximate surface area is 97.1 Å². The summed E-state index contributed by atoms with van der Waals surface area (Å²) in [5, 5.41) is 3.20. The van der Waals surface area contributed by atoms with Gasteiger partial charge in [-0.25, -0.2) is 0 Å². The summed E-state index contributed by atoms with van der Waals surface area (Å²) in [5.41, 5.74) is 1.02.